The molecule has 0 fully saturated rings. The van der Waals surface area contributed by atoms with E-state index in [0.29, 0.717) is 16.9 Å². The summed E-state index contributed by atoms with van der Waals surface area (Å²) in [6.45, 7) is 0. The Morgan fingerprint density at radius 3 is 2.50 bits per heavy atom. The minimum Gasteiger partial charge on any atom is -0.399 e. The van der Waals surface area contributed by atoms with Crippen LogP contribution >= 0.6 is 15.9 Å². The van der Waals surface area contributed by atoms with Crippen LogP contribution in [0.15, 0.2) is 46.9 Å². The Bertz CT molecular complexity index is 584. The Labute approximate surface area is 112 Å². The van der Waals surface area contributed by atoms with Gasteiger partial charge in [0, 0.05) is 15.7 Å². The average Bonchev–Trinajstić information content (AvgIpc) is 2.34. The maximum Gasteiger partial charge on any atom is 0.255 e. The lowest BCUT2D eigenvalue weighted by Crippen LogP contribution is -2.12. The van der Waals surface area contributed by atoms with E-state index in [1.165, 1.54) is 24.3 Å². The number of rotatable bonds is 2. The second kappa shape index (κ2) is 5.18. The number of benzene rings is 2. The summed E-state index contributed by atoms with van der Waals surface area (Å²) in [5.41, 5.74) is 7.14. The Kier molecular flexibility index (Phi) is 3.62. The lowest BCUT2D eigenvalue weighted by atomic mass is 10.2. The number of nitrogens with two attached hydrogens (primary N) is 1. The maximum atomic E-state index is 12.7. The molecule has 0 atom stereocenters. The van der Waals surface area contributed by atoms with Crippen LogP contribution in [-0.4, -0.2) is 5.91 Å². The highest BCUT2D eigenvalue weighted by molar-refractivity contribution is 9.10. The van der Waals surface area contributed by atoms with E-state index in [0.717, 1.165) is 4.47 Å². The third kappa shape index (κ3) is 2.87. The molecule has 1 amide bonds. The molecule has 0 radical (unpaired) electrons. The van der Waals surface area contributed by atoms with Crippen molar-refractivity contribution in [2.24, 2.45) is 0 Å². The van der Waals surface area contributed by atoms with Crippen LogP contribution in [0.1, 0.15) is 10.4 Å². The number of halogens is 2. The number of anilines is 2. The number of carbonyl (C=O) groups excluding carboxylic acids is 1. The van der Waals surface area contributed by atoms with Crippen LogP contribution in [0.5, 0.6) is 0 Å². The van der Waals surface area contributed by atoms with E-state index in [1.54, 1.807) is 18.2 Å². The molecule has 0 heterocycles. The Balaban J connectivity index is 2.21. The first-order chi connectivity index (χ1) is 8.56. The van der Waals surface area contributed by atoms with Crippen molar-refractivity contribution in [3.8, 4) is 0 Å². The minimum atomic E-state index is -0.378. The first-order valence-corrected chi connectivity index (χ1v) is 5.97. The van der Waals surface area contributed by atoms with Crippen molar-refractivity contribution in [2.75, 3.05) is 11.1 Å². The summed E-state index contributed by atoms with van der Waals surface area (Å²) in [5, 5.41) is 2.70. The largest absolute Gasteiger partial charge is 0.399 e. The van der Waals surface area contributed by atoms with Crippen molar-refractivity contribution in [1.29, 1.82) is 0 Å². The van der Waals surface area contributed by atoms with Crippen LogP contribution in [-0.2, 0) is 0 Å². The van der Waals surface area contributed by atoms with E-state index in [-0.39, 0.29) is 11.7 Å². The number of nitrogen functional groups attached to an aromatic ring is 1. The van der Waals surface area contributed by atoms with E-state index in [2.05, 4.69) is 21.2 Å². The van der Waals surface area contributed by atoms with Gasteiger partial charge in [-0.25, -0.2) is 4.39 Å². The van der Waals surface area contributed by atoms with Gasteiger partial charge < -0.3 is 11.1 Å². The predicted molar refractivity (Wildman–Crippen MR) is 72.9 cm³/mol. The van der Waals surface area contributed by atoms with E-state index in [4.69, 9.17) is 5.73 Å². The van der Waals surface area contributed by atoms with Crippen molar-refractivity contribution >= 4 is 33.2 Å². The van der Waals surface area contributed by atoms with Crippen molar-refractivity contribution in [2.45, 2.75) is 0 Å². The zero-order chi connectivity index (χ0) is 13.1. The molecule has 0 aromatic heterocycles. The molecule has 3 nitrogen and oxygen atoms in total. The van der Waals surface area contributed by atoms with Gasteiger partial charge in [-0.3, -0.25) is 4.79 Å². The summed E-state index contributed by atoms with van der Waals surface area (Å²) in [4.78, 5) is 11.9. The summed E-state index contributed by atoms with van der Waals surface area (Å²) in [7, 11) is 0. The SMILES string of the molecule is Nc1ccc(Br)c(NC(=O)c2ccc(F)cc2)c1. The van der Waals surface area contributed by atoms with Crippen molar-refractivity contribution in [3.05, 3.63) is 58.3 Å². The van der Waals surface area contributed by atoms with Crippen LogP contribution in [0, 0.1) is 5.82 Å². The van der Waals surface area contributed by atoms with Gasteiger partial charge in [0.2, 0.25) is 0 Å². The highest BCUT2D eigenvalue weighted by atomic mass is 79.9. The number of hydrogen-bond donors (Lipinski definition) is 2. The van der Waals surface area contributed by atoms with E-state index >= 15 is 0 Å². The standard InChI is InChI=1S/C13H10BrFN2O/c14-11-6-5-10(16)7-12(11)17-13(18)8-1-3-9(15)4-2-8/h1-7H,16H2,(H,17,18). The van der Waals surface area contributed by atoms with Crippen LogP contribution in [0.4, 0.5) is 15.8 Å². The monoisotopic (exact) mass is 308 g/mol. The fourth-order valence-corrected chi connectivity index (χ4v) is 1.78. The lowest BCUT2D eigenvalue weighted by molar-refractivity contribution is 0.102. The molecule has 5 heteroatoms. The lowest BCUT2D eigenvalue weighted by Gasteiger charge is -2.08. The molecule has 18 heavy (non-hydrogen) atoms. The normalized spacial score (nSPS) is 10.1. The Morgan fingerprint density at radius 1 is 1.17 bits per heavy atom. The Hall–Kier alpha value is -1.88. The summed E-state index contributed by atoms with van der Waals surface area (Å²) in [5.74, 6) is -0.696. The molecule has 0 aliphatic rings. The van der Waals surface area contributed by atoms with Crippen LogP contribution in [0.3, 0.4) is 0 Å². The van der Waals surface area contributed by atoms with Crippen LogP contribution < -0.4 is 11.1 Å². The van der Waals surface area contributed by atoms with Gasteiger partial charge in [0.25, 0.3) is 5.91 Å². The Morgan fingerprint density at radius 2 is 1.83 bits per heavy atom. The number of carbonyl (C=O) groups is 1. The summed E-state index contributed by atoms with van der Waals surface area (Å²) in [6.07, 6.45) is 0. The van der Waals surface area contributed by atoms with E-state index in [1.807, 2.05) is 0 Å². The fraction of sp³-hybridized carbons (Fsp3) is 0. The first-order valence-electron chi connectivity index (χ1n) is 5.18. The third-order valence-corrected chi connectivity index (χ3v) is 3.04. The minimum absolute atomic E-state index is 0.318. The van der Waals surface area contributed by atoms with Gasteiger partial charge in [-0.05, 0) is 58.4 Å². The predicted octanol–water partition coefficient (Wildman–Crippen LogP) is 3.42. The topological polar surface area (TPSA) is 55.1 Å². The van der Waals surface area contributed by atoms with Gasteiger partial charge >= 0.3 is 0 Å². The van der Waals surface area contributed by atoms with Gasteiger partial charge in [0.05, 0.1) is 5.69 Å². The number of hydrogen-bond acceptors (Lipinski definition) is 2. The van der Waals surface area contributed by atoms with Crippen LogP contribution in [0.2, 0.25) is 0 Å². The zero-order valence-corrected chi connectivity index (χ0v) is 10.9. The zero-order valence-electron chi connectivity index (χ0n) is 9.28. The maximum absolute atomic E-state index is 12.7. The second-order valence-corrected chi connectivity index (χ2v) is 4.55. The molecule has 0 aliphatic carbocycles. The highest BCUT2D eigenvalue weighted by Crippen LogP contribution is 2.25. The molecule has 92 valence electrons. The molecular formula is C13H10BrFN2O. The number of amides is 1. The second-order valence-electron chi connectivity index (χ2n) is 3.70. The van der Waals surface area contributed by atoms with Gasteiger partial charge in [0.15, 0.2) is 0 Å². The van der Waals surface area contributed by atoms with Gasteiger partial charge in [0.1, 0.15) is 5.82 Å². The molecule has 0 unspecified atom stereocenters. The first kappa shape index (κ1) is 12.6. The molecule has 2 aromatic carbocycles. The van der Waals surface area contributed by atoms with Crippen molar-refractivity contribution in [1.82, 2.24) is 0 Å². The quantitative estimate of drug-likeness (QED) is 0.835. The summed E-state index contributed by atoms with van der Waals surface area (Å²) in [6, 6.07) is 10.4. The van der Waals surface area contributed by atoms with Gasteiger partial charge in [-0.15, -0.1) is 0 Å². The van der Waals surface area contributed by atoms with Gasteiger partial charge in [-0.1, -0.05) is 0 Å². The molecule has 3 N–H and O–H groups in total. The fourth-order valence-electron chi connectivity index (χ4n) is 1.43. The molecule has 2 aromatic rings. The smallest absolute Gasteiger partial charge is 0.255 e. The molecule has 0 saturated carbocycles. The molecule has 0 aliphatic heterocycles. The highest BCUT2D eigenvalue weighted by Gasteiger charge is 2.08. The van der Waals surface area contributed by atoms with E-state index in [9.17, 15) is 9.18 Å². The molecule has 0 saturated heterocycles. The average molecular weight is 309 g/mol. The summed E-state index contributed by atoms with van der Waals surface area (Å²) < 4.78 is 13.5. The third-order valence-electron chi connectivity index (χ3n) is 2.35. The molecule has 2 rings (SSSR count). The van der Waals surface area contributed by atoms with Gasteiger partial charge in [-0.2, -0.15) is 0 Å². The molecule has 0 spiro atoms. The molecule has 0 bridgehead atoms. The molecular weight excluding hydrogens is 299 g/mol. The number of nitrogens with one attached hydrogen (secondary N) is 1. The van der Waals surface area contributed by atoms with Crippen LogP contribution in [0.25, 0.3) is 0 Å². The van der Waals surface area contributed by atoms with Crippen molar-refractivity contribution < 1.29 is 9.18 Å². The van der Waals surface area contributed by atoms with Crippen molar-refractivity contribution in [3.63, 3.8) is 0 Å². The van der Waals surface area contributed by atoms with E-state index < -0.39 is 0 Å². The summed E-state index contributed by atoms with van der Waals surface area (Å²) >= 11 is 3.31.